The summed E-state index contributed by atoms with van der Waals surface area (Å²) in [6.07, 6.45) is 9.96. The van der Waals surface area contributed by atoms with Gasteiger partial charge in [-0.25, -0.2) is 4.98 Å². The molecule has 0 radical (unpaired) electrons. The van der Waals surface area contributed by atoms with Crippen LogP contribution in [0.3, 0.4) is 0 Å². The molecule has 3 heterocycles. The summed E-state index contributed by atoms with van der Waals surface area (Å²) < 4.78 is 2.30. The van der Waals surface area contributed by atoms with E-state index in [1.54, 1.807) is 0 Å². The fourth-order valence-corrected chi connectivity index (χ4v) is 2.42. The SMILES string of the molecule is c1cc(-c2nccn2C2CCNCC2)ccn1. The maximum absolute atomic E-state index is 4.48. The van der Waals surface area contributed by atoms with Crippen molar-refractivity contribution in [3.63, 3.8) is 0 Å². The van der Waals surface area contributed by atoms with E-state index in [1.807, 2.05) is 30.7 Å². The monoisotopic (exact) mass is 228 g/mol. The molecule has 0 atom stereocenters. The number of piperidine rings is 1. The highest BCUT2D eigenvalue weighted by molar-refractivity contribution is 5.54. The van der Waals surface area contributed by atoms with Gasteiger partial charge in [0, 0.05) is 36.4 Å². The van der Waals surface area contributed by atoms with Crippen LogP contribution in [0.1, 0.15) is 18.9 Å². The number of aromatic nitrogens is 3. The van der Waals surface area contributed by atoms with Crippen LogP contribution in [0.5, 0.6) is 0 Å². The summed E-state index contributed by atoms with van der Waals surface area (Å²) >= 11 is 0. The van der Waals surface area contributed by atoms with E-state index in [4.69, 9.17) is 0 Å². The average Bonchev–Trinajstić information content (AvgIpc) is 2.90. The minimum absolute atomic E-state index is 0.571. The molecule has 4 heteroatoms. The van der Waals surface area contributed by atoms with Crippen LogP contribution in [-0.2, 0) is 0 Å². The predicted molar refractivity (Wildman–Crippen MR) is 66.6 cm³/mol. The molecule has 0 saturated carbocycles. The number of rotatable bonds is 2. The van der Waals surface area contributed by atoms with Gasteiger partial charge in [0.1, 0.15) is 5.82 Å². The lowest BCUT2D eigenvalue weighted by molar-refractivity contribution is 0.370. The molecule has 2 aromatic heterocycles. The number of nitrogens with one attached hydrogen (secondary N) is 1. The quantitative estimate of drug-likeness (QED) is 0.853. The van der Waals surface area contributed by atoms with Crippen LogP contribution in [0.4, 0.5) is 0 Å². The van der Waals surface area contributed by atoms with Crippen LogP contribution in [0.2, 0.25) is 0 Å². The van der Waals surface area contributed by atoms with Crippen molar-refractivity contribution >= 4 is 0 Å². The van der Waals surface area contributed by atoms with Crippen molar-refractivity contribution in [2.45, 2.75) is 18.9 Å². The molecule has 0 aromatic carbocycles. The van der Waals surface area contributed by atoms with E-state index in [0.717, 1.165) is 24.5 Å². The highest BCUT2D eigenvalue weighted by Gasteiger charge is 2.17. The molecule has 1 aliphatic heterocycles. The molecule has 2 aromatic rings. The van der Waals surface area contributed by atoms with Gasteiger partial charge in [-0.15, -0.1) is 0 Å². The van der Waals surface area contributed by atoms with Gasteiger partial charge in [0.15, 0.2) is 0 Å². The standard InChI is InChI=1S/C13H16N4/c1-5-14-6-2-11(1)13-16-9-10-17(13)12-3-7-15-8-4-12/h1-2,5-6,9-10,12,15H,3-4,7-8H2. The van der Waals surface area contributed by atoms with Crippen LogP contribution >= 0.6 is 0 Å². The Labute approximate surface area is 101 Å². The first-order chi connectivity index (χ1) is 8.45. The topological polar surface area (TPSA) is 42.7 Å². The molecule has 0 bridgehead atoms. The van der Waals surface area contributed by atoms with Crippen molar-refractivity contribution in [2.24, 2.45) is 0 Å². The van der Waals surface area contributed by atoms with Crippen LogP contribution in [0.25, 0.3) is 11.4 Å². The van der Waals surface area contributed by atoms with Crippen LogP contribution in [0.15, 0.2) is 36.9 Å². The van der Waals surface area contributed by atoms with Crippen LogP contribution in [0, 0.1) is 0 Å². The van der Waals surface area contributed by atoms with Crippen molar-refractivity contribution in [2.75, 3.05) is 13.1 Å². The maximum Gasteiger partial charge on any atom is 0.140 e. The second-order valence-corrected chi connectivity index (χ2v) is 4.38. The Morgan fingerprint density at radius 1 is 1.12 bits per heavy atom. The molecule has 0 spiro atoms. The molecule has 0 unspecified atom stereocenters. The molecule has 1 aliphatic rings. The fourth-order valence-electron chi connectivity index (χ4n) is 2.42. The zero-order valence-electron chi connectivity index (χ0n) is 9.71. The first kappa shape index (κ1) is 10.5. The zero-order chi connectivity index (χ0) is 11.5. The Morgan fingerprint density at radius 2 is 1.88 bits per heavy atom. The molecular formula is C13H16N4. The van der Waals surface area contributed by atoms with Gasteiger partial charge in [0.2, 0.25) is 0 Å². The maximum atomic E-state index is 4.48. The van der Waals surface area contributed by atoms with Gasteiger partial charge in [-0.3, -0.25) is 4.98 Å². The second kappa shape index (κ2) is 4.67. The van der Waals surface area contributed by atoms with Gasteiger partial charge in [0.05, 0.1) is 0 Å². The molecule has 17 heavy (non-hydrogen) atoms. The first-order valence-corrected chi connectivity index (χ1v) is 6.09. The van der Waals surface area contributed by atoms with Crippen LogP contribution < -0.4 is 5.32 Å². The molecule has 0 aliphatic carbocycles. The third kappa shape index (κ3) is 2.08. The molecule has 1 fully saturated rings. The van der Waals surface area contributed by atoms with Crippen molar-refractivity contribution in [3.05, 3.63) is 36.9 Å². The van der Waals surface area contributed by atoms with Crippen LogP contribution in [-0.4, -0.2) is 27.6 Å². The predicted octanol–water partition coefficient (Wildman–Crippen LogP) is 1.87. The number of hydrogen-bond donors (Lipinski definition) is 1. The van der Waals surface area contributed by atoms with Gasteiger partial charge >= 0.3 is 0 Å². The highest BCUT2D eigenvalue weighted by atomic mass is 15.1. The summed E-state index contributed by atoms with van der Waals surface area (Å²) in [5.74, 6) is 1.05. The summed E-state index contributed by atoms with van der Waals surface area (Å²) in [6.45, 7) is 2.19. The lowest BCUT2D eigenvalue weighted by atomic mass is 10.1. The Bertz CT molecular complexity index is 471. The van der Waals surface area contributed by atoms with E-state index in [9.17, 15) is 0 Å². The number of pyridine rings is 1. The highest BCUT2D eigenvalue weighted by Crippen LogP contribution is 2.25. The van der Waals surface area contributed by atoms with Crippen molar-refractivity contribution in [1.82, 2.24) is 19.9 Å². The summed E-state index contributed by atoms with van der Waals surface area (Å²) in [7, 11) is 0. The van der Waals surface area contributed by atoms with Gasteiger partial charge < -0.3 is 9.88 Å². The Morgan fingerprint density at radius 3 is 2.65 bits per heavy atom. The zero-order valence-corrected chi connectivity index (χ0v) is 9.71. The van der Waals surface area contributed by atoms with E-state index < -0.39 is 0 Å². The van der Waals surface area contributed by atoms with Crippen molar-refractivity contribution in [3.8, 4) is 11.4 Å². The smallest absolute Gasteiger partial charge is 0.140 e. The van der Waals surface area contributed by atoms with Crippen molar-refractivity contribution in [1.29, 1.82) is 0 Å². The lowest BCUT2D eigenvalue weighted by Crippen LogP contribution is -2.29. The fraction of sp³-hybridized carbons (Fsp3) is 0.385. The van der Waals surface area contributed by atoms with Gasteiger partial charge in [-0.05, 0) is 38.1 Å². The Balaban J connectivity index is 1.93. The number of hydrogen-bond acceptors (Lipinski definition) is 3. The minimum Gasteiger partial charge on any atom is -0.328 e. The van der Waals surface area contributed by atoms with E-state index in [1.165, 1.54) is 12.8 Å². The molecule has 0 amide bonds. The average molecular weight is 228 g/mol. The van der Waals surface area contributed by atoms with Gasteiger partial charge in [-0.1, -0.05) is 0 Å². The van der Waals surface area contributed by atoms with E-state index in [-0.39, 0.29) is 0 Å². The molecule has 88 valence electrons. The van der Waals surface area contributed by atoms with E-state index in [2.05, 4.69) is 26.0 Å². The largest absolute Gasteiger partial charge is 0.328 e. The van der Waals surface area contributed by atoms with Crippen molar-refractivity contribution < 1.29 is 0 Å². The van der Waals surface area contributed by atoms with E-state index in [0.29, 0.717) is 6.04 Å². The normalized spacial score (nSPS) is 17.2. The third-order valence-electron chi connectivity index (χ3n) is 3.31. The number of nitrogens with zero attached hydrogens (tertiary/aromatic N) is 3. The summed E-state index contributed by atoms with van der Waals surface area (Å²) in [5.41, 5.74) is 1.14. The molecule has 4 nitrogen and oxygen atoms in total. The van der Waals surface area contributed by atoms with E-state index >= 15 is 0 Å². The lowest BCUT2D eigenvalue weighted by Gasteiger charge is -2.25. The number of imidazole rings is 1. The third-order valence-corrected chi connectivity index (χ3v) is 3.31. The summed E-state index contributed by atoms with van der Waals surface area (Å²) in [6, 6.07) is 4.60. The minimum atomic E-state index is 0.571. The van der Waals surface area contributed by atoms with Gasteiger partial charge in [-0.2, -0.15) is 0 Å². The Hall–Kier alpha value is -1.68. The molecule has 1 N–H and O–H groups in total. The molecular weight excluding hydrogens is 212 g/mol. The summed E-state index contributed by atoms with van der Waals surface area (Å²) in [5, 5.41) is 3.39. The second-order valence-electron chi connectivity index (χ2n) is 4.38. The molecule has 1 saturated heterocycles. The summed E-state index contributed by atoms with van der Waals surface area (Å²) in [4.78, 5) is 8.53. The molecule has 3 rings (SSSR count). The van der Waals surface area contributed by atoms with Gasteiger partial charge in [0.25, 0.3) is 0 Å². The first-order valence-electron chi connectivity index (χ1n) is 6.09. The Kier molecular flexibility index (Phi) is 2.88.